The largest absolute Gasteiger partial charge is 0.454 e. The topological polar surface area (TPSA) is 119 Å². The normalized spacial score (nSPS) is 16.0. The molecule has 10 nitrogen and oxygen atoms in total. The second kappa shape index (κ2) is 7.85. The Bertz CT molecular complexity index is 890. The van der Waals surface area contributed by atoms with E-state index in [1.54, 1.807) is 29.9 Å². The van der Waals surface area contributed by atoms with Gasteiger partial charge in [-0.25, -0.2) is 4.68 Å². The Morgan fingerprint density at radius 2 is 2.04 bits per heavy atom. The number of nitrogens with one attached hydrogen (secondary N) is 3. The number of amides is 2. The van der Waals surface area contributed by atoms with Crippen LogP contribution in [0.5, 0.6) is 11.5 Å². The average molecular weight is 386 g/mol. The third-order valence-electron chi connectivity index (χ3n) is 4.78. The van der Waals surface area contributed by atoms with E-state index in [1.165, 1.54) is 0 Å². The number of hydrogen-bond donors (Lipinski definition) is 3. The molecule has 28 heavy (non-hydrogen) atoms. The SMILES string of the molecule is Cn1nc(C2CCNCC2)nc1NC(=O)CNC(=O)c1ccc2c(c1)OCO2. The van der Waals surface area contributed by atoms with Crippen LogP contribution in [0.4, 0.5) is 5.95 Å². The van der Waals surface area contributed by atoms with Crippen molar-refractivity contribution in [2.45, 2.75) is 18.8 Å². The molecule has 1 aromatic heterocycles. The van der Waals surface area contributed by atoms with Crippen LogP contribution >= 0.6 is 0 Å². The van der Waals surface area contributed by atoms with E-state index in [2.05, 4.69) is 26.0 Å². The van der Waals surface area contributed by atoms with Crippen LogP contribution in [0.25, 0.3) is 0 Å². The number of anilines is 1. The zero-order chi connectivity index (χ0) is 19.5. The lowest BCUT2D eigenvalue weighted by atomic mass is 9.98. The Labute approximate surface area is 161 Å². The van der Waals surface area contributed by atoms with Gasteiger partial charge >= 0.3 is 0 Å². The lowest BCUT2D eigenvalue weighted by molar-refractivity contribution is -0.115. The molecule has 0 radical (unpaired) electrons. The number of ether oxygens (including phenoxy) is 2. The Kier molecular flexibility index (Phi) is 5.11. The highest BCUT2D eigenvalue weighted by Gasteiger charge is 2.21. The van der Waals surface area contributed by atoms with Gasteiger partial charge < -0.3 is 20.1 Å². The highest BCUT2D eigenvalue weighted by molar-refractivity contribution is 5.99. The fourth-order valence-electron chi connectivity index (χ4n) is 3.24. The van der Waals surface area contributed by atoms with Gasteiger partial charge in [-0.15, -0.1) is 0 Å². The van der Waals surface area contributed by atoms with Crippen molar-refractivity contribution in [1.82, 2.24) is 25.4 Å². The molecule has 0 aliphatic carbocycles. The number of aromatic nitrogens is 3. The molecule has 3 heterocycles. The standard InChI is InChI=1S/C18H22N6O4/c1-24-18(22-16(23-24)11-4-6-19-7-5-11)21-15(25)9-20-17(26)12-2-3-13-14(8-12)28-10-27-13/h2-3,8,11,19H,4-7,9-10H2,1H3,(H,20,26)(H,21,22,23,25). The molecular weight excluding hydrogens is 364 g/mol. The van der Waals surface area contributed by atoms with E-state index >= 15 is 0 Å². The zero-order valence-electron chi connectivity index (χ0n) is 15.5. The minimum absolute atomic E-state index is 0.139. The second-order valence-corrected chi connectivity index (χ2v) is 6.74. The number of benzene rings is 1. The molecule has 1 aromatic carbocycles. The summed E-state index contributed by atoms with van der Waals surface area (Å²) < 4.78 is 12.0. The number of nitrogens with zero attached hydrogens (tertiary/aromatic N) is 3. The van der Waals surface area contributed by atoms with Gasteiger partial charge in [0.15, 0.2) is 17.3 Å². The number of carbonyl (C=O) groups excluding carboxylic acids is 2. The lowest BCUT2D eigenvalue weighted by Crippen LogP contribution is -2.33. The van der Waals surface area contributed by atoms with Crippen molar-refractivity contribution < 1.29 is 19.1 Å². The van der Waals surface area contributed by atoms with Crippen LogP contribution in [-0.2, 0) is 11.8 Å². The monoisotopic (exact) mass is 386 g/mol. The third kappa shape index (κ3) is 3.91. The Hall–Kier alpha value is -3.14. The summed E-state index contributed by atoms with van der Waals surface area (Å²) in [4.78, 5) is 28.9. The highest BCUT2D eigenvalue weighted by atomic mass is 16.7. The van der Waals surface area contributed by atoms with Crippen LogP contribution in [0.1, 0.15) is 34.9 Å². The van der Waals surface area contributed by atoms with Crippen molar-refractivity contribution in [2.24, 2.45) is 7.05 Å². The number of hydrogen-bond acceptors (Lipinski definition) is 7. The number of piperidine rings is 1. The zero-order valence-corrected chi connectivity index (χ0v) is 15.5. The quantitative estimate of drug-likeness (QED) is 0.680. The maximum Gasteiger partial charge on any atom is 0.251 e. The summed E-state index contributed by atoms with van der Waals surface area (Å²) >= 11 is 0. The fourth-order valence-corrected chi connectivity index (χ4v) is 3.24. The van der Waals surface area contributed by atoms with Crippen molar-refractivity contribution in [2.75, 3.05) is 31.7 Å². The molecule has 0 unspecified atom stereocenters. The van der Waals surface area contributed by atoms with Gasteiger partial charge in [-0.2, -0.15) is 10.1 Å². The summed E-state index contributed by atoms with van der Waals surface area (Å²) in [7, 11) is 1.73. The van der Waals surface area contributed by atoms with Gasteiger partial charge in [0.05, 0.1) is 6.54 Å². The molecular formula is C18H22N6O4. The first kappa shape index (κ1) is 18.2. The molecule has 3 N–H and O–H groups in total. The number of fused-ring (bicyclic) bond motifs is 1. The molecule has 0 saturated carbocycles. The summed E-state index contributed by atoms with van der Waals surface area (Å²) in [5.41, 5.74) is 0.393. The molecule has 0 atom stereocenters. The lowest BCUT2D eigenvalue weighted by Gasteiger charge is -2.19. The van der Waals surface area contributed by atoms with Gasteiger partial charge in [-0.3, -0.25) is 14.9 Å². The van der Waals surface area contributed by atoms with Crippen molar-refractivity contribution in [3.63, 3.8) is 0 Å². The van der Waals surface area contributed by atoms with Gasteiger partial charge in [0, 0.05) is 18.5 Å². The molecule has 0 spiro atoms. The van der Waals surface area contributed by atoms with E-state index < -0.39 is 0 Å². The van der Waals surface area contributed by atoms with Crippen LogP contribution in [0, 0.1) is 0 Å². The fraction of sp³-hybridized carbons (Fsp3) is 0.444. The van der Waals surface area contributed by atoms with Crippen LogP contribution in [-0.4, -0.2) is 53.0 Å². The molecule has 2 aromatic rings. The average Bonchev–Trinajstić information content (AvgIpc) is 3.33. The molecule has 1 saturated heterocycles. The van der Waals surface area contributed by atoms with E-state index in [0.717, 1.165) is 31.8 Å². The van der Waals surface area contributed by atoms with Crippen LogP contribution in [0.2, 0.25) is 0 Å². The number of rotatable bonds is 5. The summed E-state index contributed by atoms with van der Waals surface area (Å²) in [6.45, 7) is 1.84. The molecule has 0 bridgehead atoms. The summed E-state index contributed by atoms with van der Waals surface area (Å²) in [6.07, 6.45) is 1.95. The van der Waals surface area contributed by atoms with Gasteiger partial charge in [0.1, 0.15) is 0 Å². The first-order valence-electron chi connectivity index (χ1n) is 9.19. The summed E-state index contributed by atoms with van der Waals surface area (Å²) in [6, 6.07) is 4.87. The van der Waals surface area contributed by atoms with Crippen molar-refractivity contribution in [1.29, 1.82) is 0 Å². The first-order valence-corrected chi connectivity index (χ1v) is 9.19. The predicted molar refractivity (Wildman–Crippen MR) is 99.4 cm³/mol. The molecule has 10 heteroatoms. The van der Waals surface area contributed by atoms with Crippen LogP contribution in [0.15, 0.2) is 18.2 Å². The molecule has 2 aliphatic rings. The highest BCUT2D eigenvalue weighted by Crippen LogP contribution is 2.32. The Balaban J connectivity index is 1.32. The molecule has 148 valence electrons. The summed E-state index contributed by atoms with van der Waals surface area (Å²) in [5.74, 6) is 1.77. The van der Waals surface area contributed by atoms with Crippen LogP contribution < -0.4 is 25.4 Å². The van der Waals surface area contributed by atoms with E-state index in [4.69, 9.17) is 9.47 Å². The first-order chi connectivity index (χ1) is 13.6. The summed E-state index contributed by atoms with van der Waals surface area (Å²) in [5, 5.41) is 13.0. The predicted octanol–water partition coefficient (Wildman–Crippen LogP) is 0.379. The molecule has 1 fully saturated rings. The smallest absolute Gasteiger partial charge is 0.251 e. The second-order valence-electron chi connectivity index (χ2n) is 6.74. The van der Waals surface area contributed by atoms with Crippen molar-refractivity contribution >= 4 is 17.8 Å². The van der Waals surface area contributed by atoms with E-state index in [0.29, 0.717) is 28.9 Å². The minimum atomic E-state index is -0.374. The van der Waals surface area contributed by atoms with Gasteiger partial charge in [0.25, 0.3) is 5.91 Å². The van der Waals surface area contributed by atoms with Gasteiger partial charge in [0.2, 0.25) is 18.6 Å². The maximum atomic E-state index is 12.3. The Morgan fingerprint density at radius 1 is 1.25 bits per heavy atom. The minimum Gasteiger partial charge on any atom is -0.454 e. The van der Waals surface area contributed by atoms with Gasteiger partial charge in [-0.05, 0) is 44.1 Å². The Morgan fingerprint density at radius 3 is 2.86 bits per heavy atom. The number of aryl methyl sites for hydroxylation is 1. The van der Waals surface area contributed by atoms with E-state index in [1.807, 2.05) is 0 Å². The molecule has 2 aliphatic heterocycles. The third-order valence-corrected chi connectivity index (χ3v) is 4.78. The molecule has 4 rings (SSSR count). The van der Waals surface area contributed by atoms with E-state index in [9.17, 15) is 9.59 Å². The molecule has 2 amide bonds. The van der Waals surface area contributed by atoms with Crippen molar-refractivity contribution in [3.8, 4) is 11.5 Å². The van der Waals surface area contributed by atoms with E-state index in [-0.39, 0.29) is 25.2 Å². The maximum absolute atomic E-state index is 12.3. The van der Waals surface area contributed by atoms with Gasteiger partial charge in [-0.1, -0.05) is 0 Å². The number of carbonyl (C=O) groups is 2. The van der Waals surface area contributed by atoms with Crippen molar-refractivity contribution in [3.05, 3.63) is 29.6 Å². The van der Waals surface area contributed by atoms with Crippen LogP contribution in [0.3, 0.4) is 0 Å².